The van der Waals surface area contributed by atoms with Crippen molar-refractivity contribution in [1.82, 2.24) is 0 Å². The summed E-state index contributed by atoms with van der Waals surface area (Å²) in [4.78, 5) is 12.1. The highest BCUT2D eigenvalue weighted by Crippen LogP contribution is 2.36. The third-order valence-electron chi connectivity index (χ3n) is 4.41. The van der Waals surface area contributed by atoms with Crippen LogP contribution in [0.2, 0.25) is 5.02 Å². The minimum Gasteiger partial charge on any atom is -0.495 e. The maximum atomic E-state index is 12.1. The zero-order valence-corrected chi connectivity index (χ0v) is 18.3. The summed E-state index contributed by atoms with van der Waals surface area (Å²) in [6.45, 7) is 11.2. The van der Waals surface area contributed by atoms with Crippen LogP contribution in [-0.4, -0.2) is 19.6 Å². The third-order valence-corrected chi connectivity index (χ3v) is 4.71. The minimum absolute atomic E-state index is 0.0712. The molecule has 152 valence electrons. The van der Waals surface area contributed by atoms with Gasteiger partial charge in [-0.3, -0.25) is 4.79 Å². The first-order valence-corrected chi connectivity index (χ1v) is 9.75. The molecule has 0 radical (unpaired) electrons. The van der Waals surface area contributed by atoms with Gasteiger partial charge in [-0.1, -0.05) is 58.4 Å². The minimum atomic E-state index is -0.252. The molecule has 0 bridgehead atoms. The van der Waals surface area contributed by atoms with Crippen LogP contribution in [0, 0.1) is 5.41 Å². The Bertz CT molecular complexity index is 808. The normalized spacial score (nSPS) is 11.8. The van der Waals surface area contributed by atoms with Gasteiger partial charge in [0.2, 0.25) is 0 Å². The molecule has 0 aliphatic carbocycles. The van der Waals surface area contributed by atoms with E-state index < -0.39 is 0 Å². The van der Waals surface area contributed by atoms with Crippen LogP contribution in [0.5, 0.6) is 11.5 Å². The second-order valence-corrected chi connectivity index (χ2v) is 9.24. The van der Waals surface area contributed by atoms with Crippen LogP contribution in [-0.2, 0) is 10.2 Å². The Balaban J connectivity index is 1.92. The van der Waals surface area contributed by atoms with E-state index in [0.717, 1.165) is 6.42 Å². The second-order valence-electron chi connectivity index (χ2n) is 8.83. The number of anilines is 1. The molecule has 2 rings (SSSR count). The lowest BCUT2D eigenvalue weighted by Crippen LogP contribution is -2.24. The van der Waals surface area contributed by atoms with Crippen molar-refractivity contribution >= 4 is 23.2 Å². The van der Waals surface area contributed by atoms with Crippen LogP contribution in [0.15, 0.2) is 42.5 Å². The molecular weight excluding hydrogens is 374 g/mol. The van der Waals surface area contributed by atoms with E-state index in [2.05, 4.69) is 52.1 Å². The van der Waals surface area contributed by atoms with E-state index in [1.165, 1.54) is 5.56 Å². The molecule has 1 N–H and O–H groups in total. The Morgan fingerprint density at radius 1 is 1.04 bits per heavy atom. The van der Waals surface area contributed by atoms with Gasteiger partial charge in [-0.05, 0) is 53.1 Å². The highest BCUT2D eigenvalue weighted by atomic mass is 35.5. The fourth-order valence-corrected chi connectivity index (χ4v) is 3.78. The molecule has 5 heteroatoms. The van der Waals surface area contributed by atoms with Crippen molar-refractivity contribution in [3.8, 4) is 11.5 Å². The van der Waals surface area contributed by atoms with Crippen molar-refractivity contribution in [1.29, 1.82) is 0 Å². The first kappa shape index (κ1) is 22.1. The van der Waals surface area contributed by atoms with Gasteiger partial charge in [0, 0.05) is 5.69 Å². The molecule has 0 aromatic heterocycles. The molecule has 0 fully saturated rings. The van der Waals surface area contributed by atoms with Gasteiger partial charge in [-0.25, -0.2) is 0 Å². The van der Waals surface area contributed by atoms with Crippen LogP contribution in [0.25, 0.3) is 0 Å². The highest BCUT2D eigenvalue weighted by Gasteiger charge is 2.27. The number of nitrogens with one attached hydrogen (secondary N) is 1. The molecule has 0 aliphatic heterocycles. The summed E-state index contributed by atoms with van der Waals surface area (Å²) in [5.74, 6) is 0.974. The summed E-state index contributed by atoms with van der Waals surface area (Å²) < 4.78 is 10.7. The summed E-state index contributed by atoms with van der Waals surface area (Å²) in [5, 5.41) is 3.20. The summed E-state index contributed by atoms with van der Waals surface area (Å²) in [7, 11) is 1.54. The van der Waals surface area contributed by atoms with E-state index in [0.29, 0.717) is 22.2 Å². The number of halogens is 1. The van der Waals surface area contributed by atoms with Crippen LogP contribution in [0.3, 0.4) is 0 Å². The predicted octanol–water partition coefficient (Wildman–Crippen LogP) is 6.08. The Morgan fingerprint density at radius 2 is 1.68 bits per heavy atom. The number of carbonyl (C=O) groups excluding carboxylic acids is 1. The van der Waals surface area contributed by atoms with Gasteiger partial charge in [0.15, 0.2) is 6.61 Å². The van der Waals surface area contributed by atoms with E-state index in [1.807, 2.05) is 12.1 Å². The maximum Gasteiger partial charge on any atom is 0.262 e. The summed E-state index contributed by atoms with van der Waals surface area (Å²) in [6, 6.07) is 13.1. The number of hydrogen-bond acceptors (Lipinski definition) is 3. The van der Waals surface area contributed by atoms with Crippen LogP contribution >= 0.6 is 11.6 Å². The average Bonchev–Trinajstić information content (AvgIpc) is 2.58. The summed E-state index contributed by atoms with van der Waals surface area (Å²) in [6.07, 6.45) is 1.08. The van der Waals surface area contributed by atoms with Gasteiger partial charge >= 0.3 is 0 Å². The molecule has 2 aromatic rings. The molecule has 28 heavy (non-hydrogen) atoms. The SMILES string of the molecule is COc1ccc(NC(=O)COc2ccc(C(C)(C)CC(C)(C)C)cc2)cc1Cl. The van der Waals surface area contributed by atoms with E-state index in [1.54, 1.807) is 25.3 Å². The van der Waals surface area contributed by atoms with Crippen LogP contribution in [0.4, 0.5) is 5.69 Å². The smallest absolute Gasteiger partial charge is 0.262 e. The Labute approximate surface area is 173 Å². The molecular formula is C23H30ClNO3. The predicted molar refractivity (Wildman–Crippen MR) is 116 cm³/mol. The van der Waals surface area contributed by atoms with E-state index in [-0.39, 0.29) is 23.3 Å². The Morgan fingerprint density at radius 3 is 2.21 bits per heavy atom. The van der Waals surface area contributed by atoms with Crippen molar-refractivity contribution in [2.24, 2.45) is 5.41 Å². The summed E-state index contributed by atoms with van der Waals surface area (Å²) in [5.41, 5.74) is 2.17. The molecule has 0 unspecified atom stereocenters. The lowest BCUT2D eigenvalue weighted by atomic mass is 9.72. The first-order valence-electron chi connectivity index (χ1n) is 9.37. The zero-order valence-electron chi connectivity index (χ0n) is 17.6. The molecule has 0 spiro atoms. The zero-order chi connectivity index (χ0) is 20.9. The lowest BCUT2D eigenvalue weighted by molar-refractivity contribution is -0.118. The van der Waals surface area contributed by atoms with Gasteiger partial charge in [-0.15, -0.1) is 0 Å². The van der Waals surface area contributed by atoms with Crippen LogP contribution in [0.1, 0.15) is 46.6 Å². The van der Waals surface area contributed by atoms with Gasteiger partial charge < -0.3 is 14.8 Å². The third kappa shape index (κ3) is 6.45. The topological polar surface area (TPSA) is 47.6 Å². The molecule has 0 saturated carbocycles. The fourth-order valence-electron chi connectivity index (χ4n) is 3.52. The number of hydrogen-bond donors (Lipinski definition) is 1. The standard InChI is InChI=1S/C23H30ClNO3/c1-22(2,3)15-23(4,5)16-7-10-18(11-8-16)28-14-21(26)25-17-9-12-20(27-6)19(24)13-17/h7-13H,14-15H2,1-6H3,(H,25,26). The van der Waals surface area contributed by atoms with Gasteiger partial charge in [0.05, 0.1) is 12.1 Å². The second kappa shape index (κ2) is 8.87. The van der Waals surface area contributed by atoms with E-state index in [4.69, 9.17) is 21.1 Å². The molecule has 0 saturated heterocycles. The van der Waals surface area contributed by atoms with Crippen molar-refractivity contribution in [3.63, 3.8) is 0 Å². The molecule has 0 heterocycles. The van der Waals surface area contributed by atoms with Crippen LogP contribution < -0.4 is 14.8 Å². The van der Waals surface area contributed by atoms with Gasteiger partial charge in [0.1, 0.15) is 11.5 Å². The first-order chi connectivity index (χ1) is 13.0. The lowest BCUT2D eigenvalue weighted by Gasteiger charge is -2.33. The Kier molecular flexibility index (Phi) is 7.00. The average molecular weight is 404 g/mol. The van der Waals surface area contributed by atoms with Crippen molar-refractivity contribution in [2.45, 2.75) is 46.5 Å². The number of ether oxygens (including phenoxy) is 2. The maximum absolute atomic E-state index is 12.1. The Hall–Kier alpha value is -2.20. The van der Waals surface area contributed by atoms with Gasteiger partial charge in [-0.2, -0.15) is 0 Å². The van der Waals surface area contributed by atoms with Gasteiger partial charge in [0.25, 0.3) is 5.91 Å². The largest absolute Gasteiger partial charge is 0.495 e. The molecule has 1 amide bonds. The highest BCUT2D eigenvalue weighted by molar-refractivity contribution is 6.32. The molecule has 2 aromatic carbocycles. The van der Waals surface area contributed by atoms with E-state index in [9.17, 15) is 4.79 Å². The monoisotopic (exact) mass is 403 g/mol. The quantitative estimate of drug-likeness (QED) is 0.609. The summed E-state index contributed by atoms with van der Waals surface area (Å²) >= 11 is 6.07. The number of rotatable bonds is 7. The van der Waals surface area contributed by atoms with Crippen molar-refractivity contribution in [2.75, 3.05) is 19.0 Å². The fraction of sp³-hybridized carbons (Fsp3) is 0.435. The number of benzene rings is 2. The number of amides is 1. The van der Waals surface area contributed by atoms with E-state index >= 15 is 0 Å². The molecule has 0 aliphatic rings. The van der Waals surface area contributed by atoms with Crippen molar-refractivity contribution < 1.29 is 14.3 Å². The number of carbonyl (C=O) groups is 1. The molecule has 0 atom stereocenters. The molecule has 4 nitrogen and oxygen atoms in total. The van der Waals surface area contributed by atoms with Crippen molar-refractivity contribution in [3.05, 3.63) is 53.1 Å². The number of methoxy groups -OCH3 is 1.